The van der Waals surface area contributed by atoms with Gasteiger partial charge in [-0.15, -0.1) is 0 Å². The maximum Gasteiger partial charge on any atom is 0.269 e. The van der Waals surface area contributed by atoms with Crippen LogP contribution in [0.25, 0.3) is 0 Å². The van der Waals surface area contributed by atoms with E-state index in [1.165, 1.54) is 67.7 Å². The first-order valence-corrected chi connectivity index (χ1v) is 10.2. The van der Waals surface area contributed by atoms with Crippen LogP contribution in [0.5, 0.6) is 0 Å². The predicted molar refractivity (Wildman–Crippen MR) is 121 cm³/mol. The van der Waals surface area contributed by atoms with Gasteiger partial charge in [-0.25, -0.2) is 4.90 Å². The second kappa shape index (κ2) is 7.70. The number of nitrogens with zero attached hydrogens (tertiary/aromatic N) is 3. The van der Waals surface area contributed by atoms with Crippen molar-refractivity contribution in [3.63, 3.8) is 0 Å². The number of nitrogens with one attached hydrogen (secondary N) is 1. The Bertz CT molecular complexity index is 1510. The van der Waals surface area contributed by atoms with Crippen LogP contribution < -0.4 is 10.2 Å². The Labute approximate surface area is 196 Å². The molecule has 0 unspecified atom stereocenters. The molecule has 0 saturated carbocycles. The van der Waals surface area contributed by atoms with Crippen molar-refractivity contribution in [3.8, 4) is 0 Å². The molecule has 172 valence electrons. The molecule has 2 aliphatic rings. The van der Waals surface area contributed by atoms with Crippen LogP contribution in [0.2, 0.25) is 0 Å². The van der Waals surface area contributed by atoms with E-state index in [-0.39, 0.29) is 44.9 Å². The number of benzene rings is 3. The van der Waals surface area contributed by atoms with Crippen LogP contribution in [0.15, 0.2) is 60.7 Å². The molecule has 5 amide bonds. The monoisotopic (exact) mass is 470 g/mol. The molecule has 1 N–H and O–H groups in total. The predicted octanol–water partition coefficient (Wildman–Crippen LogP) is 2.87. The highest BCUT2D eigenvalue weighted by Crippen LogP contribution is 2.33. The van der Waals surface area contributed by atoms with E-state index in [9.17, 15) is 34.1 Å². The van der Waals surface area contributed by atoms with E-state index >= 15 is 0 Å². The molecule has 0 bridgehead atoms. The van der Waals surface area contributed by atoms with E-state index < -0.39 is 34.5 Å². The van der Waals surface area contributed by atoms with Gasteiger partial charge in [-0.05, 0) is 48.5 Å². The molecule has 5 rings (SSSR count). The average molecular weight is 470 g/mol. The fraction of sp³-hybridized carbons (Fsp3) is 0.0417. The highest BCUT2D eigenvalue weighted by Gasteiger charge is 2.39. The molecule has 0 atom stereocenters. The van der Waals surface area contributed by atoms with Gasteiger partial charge >= 0.3 is 0 Å². The summed E-state index contributed by atoms with van der Waals surface area (Å²) < 4.78 is 0. The highest BCUT2D eigenvalue weighted by molar-refractivity contribution is 6.35. The van der Waals surface area contributed by atoms with Gasteiger partial charge in [0.15, 0.2) is 0 Å². The lowest BCUT2D eigenvalue weighted by atomic mass is 10.1. The molecular weight excluding hydrogens is 456 g/mol. The second-order valence-corrected chi connectivity index (χ2v) is 7.86. The number of carbonyl (C=O) groups excluding carboxylic acids is 5. The quantitative estimate of drug-likeness (QED) is 0.350. The number of hydrogen-bond donors (Lipinski definition) is 1. The van der Waals surface area contributed by atoms with Crippen molar-refractivity contribution in [3.05, 3.63) is 98.6 Å². The largest absolute Gasteiger partial charge is 0.322 e. The van der Waals surface area contributed by atoms with Crippen LogP contribution in [0.4, 0.5) is 17.1 Å². The van der Waals surface area contributed by atoms with Crippen molar-refractivity contribution >= 4 is 46.6 Å². The Morgan fingerprint density at radius 1 is 0.771 bits per heavy atom. The number of non-ortho nitro benzene ring substituents is 1. The lowest BCUT2D eigenvalue weighted by molar-refractivity contribution is -0.384. The summed E-state index contributed by atoms with van der Waals surface area (Å²) in [6.07, 6.45) is 0. The van der Waals surface area contributed by atoms with Crippen molar-refractivity contribution in [1.29, 1.82) is 0 Å². The van der Waals surface area contributed by atoms with E-state index in [1.807, 2.05) is 0 Å². The molecule has 3 aromatic carbocycles. The van der Waals surface area contributed by atoms with Crippen LogP contribution >= 0.6 is 0 Å². The van der Waals surface area contributed by atoms with E-state index in [1.54, 1.807) is 0 Å². The van der Waals surface area contributed by atoms with Crippen LogP contribution in [0.1, 0.15) is 51.8 Å². The summed E-state index contributed by atoms with van der Waals surface area (Å²) >= 11 is 0. The molecule has 0 spiro atoms. The van der Waals surface area contributed by atoms with Crippen LogP contribution in [-0.4, -0.2) is 46.4 Å². The minimum Gasteiger partial charge on any atom is -0.322 e. The maximum atomic E-state index is 13.1. The normalized spacial score (nSPS) is 14.3. The molecule has 0 aromatic heterocycles. The maximum absolute atomic E-state index is 13.1. The molecule has 0 aliphatic carbocycles. The first-order chi connectivity index (χ1) is 16.7. The number of hydrogen-bond acceptors (Lipinski definition) is 7. The van der Waals surface area contributed by atoms with Gasteiger partial charge in [-0.2, -0.15) is 0 Å². The zero-order valence-corrected chi connectivity index (χ0v) is 18.0. The van der Waals surface area contributed by atoms with E-state index in [0.29, 0.717) is 0 Å². The first-order valence-electron chi connectivity index (χ1n) is 10.2. The lowest BCUT2D eigenvalue weighted by Crippen LogP contribution is -2.29. The SMILES string of the molecule is CN1C(=O)c2ccc(N3C(=O)c4ccc(NC(=O)c5ccc([N+](=O)[O-])cc5)cc4C3=O)cc2C1=O. The third-order valence-corrected chi connectivity index (χ3v) is 5.82. The fourth-order valence-electron chi connectivity index (χ4n) is 3.98. The molecule has 11 nitrogen and oxygen atoms in total. The third-order valence-electron chi connectivity index (χ3n) is 5.82. The van der Waals surface area contributed by atoms with Gasteiger partial charge in [0.25, 0.3) is 35.2 Å². The zero-order valence-electron chi connectivity index (χ0n) is 18.0. The Morgan fingerprint density at radius 3 is 2.03 bits per heavy atom. The zero-order chi connectivity index (χ0) is 25.0. The smallest absolute Gasteiger partial charge is 0.269 e. The van der Waals surface area contributed by atoms with Gasteiger partial charge in [0.2, 0.25) is 0 Å². The lowest BCUT2D eigenvalue weighted by Gasteiger charge is -2.14. The minimum atomic E-state index is -0.651. The highest BCUT2D eigenvalue weighted by atomic mass is 16.6. The molecule has 0 saturated heterocycles. The van der Waals surface area contributed by atoms with Gasteiger partial charge in [0.05, 0.1) is 32.9 Å². The summed E-state index contributed by atoms with van der Waals surface area (Å²) in [5, 5.41) is 13.4. The first kappa shape index (κ1) is 21.6. The van der Waals surface area contributed by atoms with Crippen molar-refractivity contribution in [2.75, 3.05) is 17.3 Å². The molecule has 3 aromatic rings. The number of nitro benzene ring substituents is 1. The van der Waals surface area contributed by atoms with Crippen molar-refractivity contribution in [2.24, 2.45) is 0 Å². The summed E-state index contributed by atoms with van der Waals surface area (Å²) in [5.41, 5.74) is 0.848. The van der Waals surface area contributed by atoms with Crippen LogP contribution in [0, 0.1) is 10.1 Å². The Balaban J connectivity index is 1.41. The molecule has 2 aliphatic heterocycles. The summed E-state index contributed by atoms with van der Waals surface area (Å²) in [7, 11) is 1.35. The van der Waals surface area contributed by atoms with Crippen LogP contribution in [-0.2, 0) is 0 Å². The Kier molecular flexibility index (Phi) is 4.76. The topological polar surface area (TPSA) is 147 Å². The summed E-state index contributed by atoms with van der Waals surface area (Å²) in [5.74, 6) is -2.81. The van der Waals surface area contributed by atoms with Gasteiger partial charge in [0.1, 0.15) is 0 Å². The number of anilines is 2. The molecular formula is C24H14N4O7. The number of amides is 5. The van der Waals surface area contributed by atoms with Gasteiger partial charge in [-0.1, -0.05) is 0 Å². The van der Waals surface area contributed by atoms with Crippen LogP contribution in [0.3, 0.4) is 0 Å². The number of imide groups is 2. The molecule has 2 heterocycles. The molecule has 11 heteroatoms. The average Bonchev–Trinajstić information content (AvgIpc) is 3.23. The van der Waals surface area contributed by atoms with Crippen molar-refractivity contribution < 1.29 is 28.9 Å². The van der Waals surface area contributed by atoms with Crippen molar-refractivity contribution in [2.45, 2.75) is 0 Å². The van der Waals surface area contributed by atoms with Gasteiger partial charge in [-0.3, -0.25) is 39.0 Å². The summed E-state index contributed by atoms with van der Waals surface area (Å²) in [4.78, 5) is 75.1. The number of fused-ring (bicyclic) bond motifs is 2. The number of carbonyl (C=O) groups is 5. The van der Waals surface area contributed by atoms with E-state index in [4.69, 9.17) is 0 Å². The van der Waals surface area contributed by atoms with E-state index in [2.05, 4.69) is 5.32 Å². The summed E-state index contributed by atoms with van der Waals surface area (Å²) in [6.45, 7) is 0. The van der Waals surface area contributed by atoms with Crippen molar-refractivity contribution in [1.82, 2.24) is 4.90 Å². The Hall–Kier alpha value is -5.19. The number of nitro groups is 1. The minimum absolute atomic E-state index is 0.0523. The summed E-state index contributed by atoms with van der Waals surface area (Å²) in [6, 6.07) is 13.4. The number of rotatable bonds is 4. The Morgan fingerprint density at radius 2 is 1.34 bits per heavy atom. The molecule has 0 radical (unpaired) electrons. The van der Waals surface area contributed by atoms with E-state index in [0.717, 1.165) is 9.80 Å². The van der Waals surface area contributed by atoms with Gasteiger partial charge in [0, 0.05) is 30.4 Å². The molecule has 35 heavy (non-hydrogen) atoms. The molecule has 0 fully saturated rings. The second-order valence-electron chi connectivity index (χ2n) is 7.86. The fourth-order valence-corrected chi connectivity index (χ4v) is 3.98. The standard InChI is InChI=1S/C24H14N4O7/c1-26-21(30)16-9-7-15(11-19(16)22(26)31)27-23(32)17-8-4-13(10-18(17)24(27)33)25-20(29)12-2-5-14(6-3-12)28(34)35/h2-11H,1H3,(H,25,29). The third kappa shape index (κ3) is 3.33. The van der Waals surface area contributed by atoms with Gasteiger partial charge < -0.3 is 5.32 Å².